The van der Waals surface area contributed by atoms with Gasteiger partial charge in [0.15, 0.2) is 0 Å². The Hall–Kier alpha value is -1.61. The molecule has 0 saturated carbocycles. The Morgan fingerprint density at radius 3 is 2.65 bits per heavy atom. The number of hydrogen-bond acceptors (Lipinski definition) is 2. The second-order valence-corrected chi connectivity index (χ2v) is 5.48. The molecule has 0 aliphatic rings. The normalized spacial score (nSPS) is 11.0. The topological polar surface area (TPSA) is 29.9 Å². The van der Waals surface area contributed by atoms with Crippen LogP contribution in [-0.2, 0) is 13.1 Å². The highest BCUT2D eigenvalue weighted by Crippen LogP contribution is 2.14. The minimum Gasteiger partial charge on any atom is -0.327 e. The van der Waals surface area contributed by atoms with Crippen LogP contribution in [0.2, 0.25) is 0 Å². The van der Waals surface area contributed by atoms with Gasteiger partial charge in [-0.1, -0.05) is 25.1 Å². The quantitative estimate of drug-likeness (QED) is 0.817. The molecule has 0 saturated heterocycles. The van der Waals surface area contributed by atoms with Crippen molar-refractivity contribution in [2.75, 3.05) is 6.54 Å². The highest BCUT2D eigenvalue weighted by Gasteiger charge is 2.07. The number of imidazole rings is 1. The summed E-state index contributed by atoms with van der Waals surface area (Å²) in [7, 11) is 0. The van der Waals surface area contributed by atoms with Gasteiger partial charge in [0, 0.05) is 19.3 Å². The molecule has 0 radical (unpaired) electrons. The minimum atomic E-state index is 0.888. The molecule has 0 fully saturated rings. The van der Waals surface area contributed by atoms with Crippen LogP contribution in [0.25, 0.3) is 0 Å². The summed E-state index contributed by atoms with van der Waals surface area (Å²) in [6, 6.07) is 6.69. The first-order valence-electron chi connectivity index (χ1n) is 7.39. The van der Waals surface area contributed by atoms with Crippen LogP contribution in [0, 0.1) is 20.8 Å². The van der Waals surface area contributed by atoms with Gasteiger partial charge in [0.1, 0.15) is 5.82 Å². The molecule has 1 N–H and O–H groups in total. The monoisotopic (exact) mass is 271 g/mol. The molecule has 3 heteroatoms. The van der Waals surface area contributed by atoms with Crippen molar-refractivity contribution < 1.29 is 0 Å². The summed E-state index contributed by atoms with van der Waals surface area (Å²) >= 11 is 0. The highest BCUT2D eigenvalue weighted by atomic mass is 15.1. The van der Waals surface area contributed by atoms with Crippen LogP contribution in [0.4, 0.5) is 0 Å². The van der Waals surface area contributed by atoms with Gasteiger partial charge in [0.2, 0.25) is 0 Å². The number of aryl methyl sites for hydroxylation is 3. The third-order valence-corrected chi connectivity index (χ3v) is 3.78. The summed E-state index contributed by atoms with van der Waals surface area (Å²) < 4.78 is 2.30. The van der Waals surface area contributed by atoms with E-state index < -0.39 is 0 Å². The Bertz CT molecular complexity index is 570. The maximum Gasteiger partial charge on any atom is 0.106 e. The molecule has 0 atom stereocenters. The van der Waals surface area contributed by atoms with E-state index in [1.807, 2.05) is 6.20 Å². The van der Waals surface area contributed by atoms with E-state index in [1.165, 1.54) is 22.4 Å². The van der Waals surface area contributed by atoms with Gasteiger partial charge in [-0.05, 0) is 50.4 Å². The fourth-order valence-corrected chi connectivity index (χ4v) is 2.35. The lowest BCUT2D eigenvalue weighted by molar-refractivity contribution is 0.623. The van der Waals surface area contributed by atoms with Crippen molar-refractivity contribution in [1.29, 1.82) is 0 Å². The molecule has 2 aromatic rings. The summed E-state index contributed by atoms with van der Waals surface area (Å²) in [4.78, 5) is 4.45. The fraction of sp³-hybridized carbons (Fsp3) is 0.471. The van der Waals surface area contributed by atoms with Crippen molar-refractivity contribution in [1.82, 2.24) is 14.9 Å². The van der Waals surface area contributed by atoms with Gasteiger partial charge in [-0.25, -0.2) is 4.98 Å². The summed E-state index contributed by atoms with van der Waals surface area (Å²) in [6.07, 6.45) is 3.14. The summed E-state index contributed by atoms with van der Waals surface area (Å²) in [5, 5.41) is 3.45. The maximum absolute atomic E-state index is 4.45. The first-order valence-corrected chi connectivity index (χ1v) is 7.39. The standard InChI is InChI=1S/C17H25N3/c1-5-8-18-10-17-11-19-15(4)20(17)12-16-7-6-13(2)14(3)9-16/h6-7,9,11,18H,5,8,10,12H2,1-4H3. The highest BCUT2D eigenvalue weighted by molar-refractivity contribution is 5.30. The molecule has 1 heterocycles. The van der Waals surface area contributed by atoms with Crippen LogP contribution in [-0.4, -0.2) is 16.1 Å². The SMILES string of the molecule is CCCNCc1cnc(C)n1Cc1ccc(C)c(C)c1. The molecule has 3 nitrogen and oxygen atoms in total. The third kappa shape index (κ3) is 3.48. The number of hydrogen-bond donors (Lipinski definition) is 1. The summed E-state index contributed by atoms with van der Waals surface area (Å²) in [5.41, 5.74) is 5.30. The smallest absolute Gasteiger partial charge is 0.106 e. The largest absolute Gasteiger partial charge is 0.327 e. The molecular formula is C17H25N3. The average Bonchev–Trinajstić information content (AvgIpc) is 2.76. The van der Waals surface area contributed by atoms with Crippen molar-refractivity contribution in [2.24, 2.45) is 0 Å². The van der Waals surface area contributed by atoms with E-state index in [-0.39, 0.29) is 0 Å². The van der Waals surface area contributed by atoms with Gasteiger partial charge in [-0.2, -0.15) is 0 Å². The summed E-state index contributed by atoms with van der Waals surface area (Å²) in [5.74, 6) is 1.08. The number of aromatic nitrogens is 2. The van der Waals surface area contributed by atoms with Gasteiger partial charge in [-0.15, -0.1) is 0 Å². The second-order valence-electron chi connectivity index (χ2n) is 5.48. The van der Waals surface area contributed by atoms with E-state index in [2.05, 4.69) is 60.8 Å². The van der Waals surface area contributed by atoms with Gasteiger partial charge in [-0.3, -0.25) is 0 Å². The fourth-order valence-electron chi connectivity index (χ4n) is 2.35. The van der Waals surface area contributed by atoms with E-state index in [0.717, 1.165) is 31.9 Å². The van der Waals surface area contributed by atoms with E-state index in [4.69, 9.17) is 0 Å². The van der Waals surface area contributed by atoms with Crippen molar-refractivity contribution in [3.63, 3.8) is 0 Å². The number of nitrogens with zero attached hydrogens (tertiary/aromatic N) is 2. The number of rotatable bonds is 6. The Kier molecular flexibility index (Phi) is 4.96. The minimum absolute atomic E-state index is 0.888. The zero-order valence-corrected chi connectivity index (χ0v) is 13.0. The number of benzene rings is 1. The molecule has 20 heavy (non-hydrogen) atoms. The Morgan fingerprint density at radius 1 is 1.15 bits per heavy atom. The first kappa shape index (κ1) is 14.8. The molecule has 0 spiro atoms. The van der Waals surface area contributed by atoms with Crippen LogP contribution >= 0.6 is 0 Å². The van der Waals surface area contributed by atoms with Gasteiger partial charge < -0.3 is 9.88 Å². The van der Waals surface area contributed by atoms with E-state index in [1.54, 1.807) is 0 Å². The average molecular weight is 271 g/mol. The van der Waals surface area contributed by atoms with Crippen LogP contribution in [0.1, 0.15) is 41.6 Å². The molecule has 1 aromatic heterocycles. The molecule has 1 aromatic carbocycles. The zero-order chi connectivity index (χ0) is 14.5. The predicted octanol–water partition coefficient (Wildman–Crippen LogP) is 3.36. The predicted molar refractivity (Wildman–Crippen MR) is 84.0 cm³/mol. The maximum atomic E-state index is 4.45. The Morgan fingerprint density at radius 2 is 1.95 bits per heavy atom. The lowest BCUT2D eigenvalue weighted by atomic mass is 10.1. The van der Waals surface area contributed by atoms with Gasteiger partial charge >= 0.3 is 0 Å². The molecular weight excluding hydrogens is 246 g/mol. The van der Waals surface area contributed by atoms with Crippen LogP contribution in [0.3, 0.4) is 0 Å². The van der Waals surface area contributed by atoms with E-state index >= 15 is 0 Å². The lowest BCUT2D eigenvalue weighted by Gasteiger charge is -2.12. The molecule has 0 amide bonds. The van der Waals surface area contributed by atoms with Crippen molar-refractivity contribution in [3.8, 4) is 0 Å². The lowest BCUT2D eigenvalue weighted by Crippen LogP contribution is -2.17. The van der Waals surface area contributed by atoms with E-state index in [0.29, 0.717) is 0 Å². The molecule has 0 bridgehead atoms. The summed E-state index contributed by atoms with van der Waals surface area (Å²) in [6.45, 7) is 11.4. The van der Waals surface area contributed by atoms with Gasteiger partial charge in [0.05, 0.1) is 5.69 Å². The molecule has 0 unspecified atom stereocenters. The third-order valence-electron chi connectivity index (χ3n) is 3.78. The zero-order valence-electron chi connectivity index (χ0n) is 13.0. The molecule has 2 rings (SSSR count). The molecule has 0 aliphatic heterocycles. The van der Waals surface area contributed by atoms with E-state index in [9.17, 15) is 0 Å². The van der Waals surface area contributed by atoms with Crippen LogP contribution in [0.5, 0.6) is 0 Å². The second kappa shape index (κ2) is 6.71. The van der Waals surface area contributed by atoms with Crippen molar-refractivity contribution in [2.45, 2.75) is 47.2 Å². The Balaban J connectivity index is 2.15. The molecule has 0 aliphatic carbocycles. The molecule has 108 valence electrons. The van der Waals surface area contributed by atoms with Crippen LogP contribution in [0.15, 0.2) is 24.4 Å². The van der Waals surface area contributed by atoms with Crippen LogP contribution < -0.4 is 5.32 Å². The first-order chi connectivity index (χ1) is 9.61. The number of nitrogens with one attached hydrogen (secondary N) is 1. The van der Waals surface area contributed by atoms with Crippen molar-refractivity contribution >= 4 is 0 Å². The van der Waals surface area contributed by atoms with Crippen molar-refractivity contribution in [3.05, 3.63) is 52.6 Å². The van der Waals surface area contributed by atoms with Gasteiger partial charge in [0.25, 0.3) is 0 Å². The Labute approximate surface area is 122 Å².